The third-order valence-electron chi connectivity index (χ3n) is 5.56. The van der Waals surface area contributed by atoms with Crippen molar-refractivity contribution >= 4 is 16.5 Å². The van der Waals surface area contributed by atoms with Crippen molar-refractivity contribution in [1.82, 2.24) is 10.2 Å². The number of methoxy groups -OCH3 is 1. The van der Waals surface area contributed by atoms with Gasteiger partial charge in [-0.25, -0.2) is 0 Å². The Kier molecular flexibility index (Phi) is 3.49. The molecule has 3 nitrogen and oxygen atoms in total. The third kappa shape index (κ3) is 2.12. The number of hydrogen-bond acceptors (Lipinski definition) is 2. The molecule has 128 valence electrons. The molecule has 0 saturated carbocycles. The number of alkyl halides is 3. The van der Waals surface area contributed by atoms with Crippen molar-refractivity contribution in [3.63, 3.8) is 0 Å². The minimum Gasteiger partial charge on any atom is -0.376 e. The summed E-state index contributed by atoms with van der Waals surface area (Å²) in [6.07, 6.45) is -1.49. The van der Waals surface area contributed by atoms with Crippen LogP contribution in [0.2, 0.25) is 0 Å². The molecule has 3 atom stereocenters. The Morgan fingerprint density at radius 3 is 2.79 bits per heavy atom. The lowest BCUT2D eigenvalue weighted by Crippen LogP contribution is -2.38. The monoisotopic (exact) mass is 336 g/mol. The summed E-state index contributed by atoms with van der Waals surface area (Å²) in [5.74, 6) is -0.192. The zero-order valence-electron chi connectivity index (χ0n) is 13.6. The predicted octanol–water partition coefficient (Wildman–Crippen LogP) is 4.50. The van der Waals surface area contributed by atoms with E-state index in [1.807, 2.05) is 13.0 Å². The van der Waals surface area contributed by atoms with Gasteiger partial charge in [-0.2, -0.15) is 18.3 Å². The van der Waals surface area contributed by atoms with E-state index in [9.17, 15) is 13.2 Å². The van der Waals surface area contributed by atoms with Crippen LogP contribution in [-0.2, 0) is 11.2 Å². The number of nitrogens with one attached hydrogen (secondary N) is 1. The minimum atomic E-state index is -4.38. The zero-order chi connectivity index (χ0) is 17.1. The highest BCUT2D eigenvalue weighted by Gasteiger charge is 2.50. The van der Waals surface area contributed by atoms with Gasteiger partial charge >= 0.3 is 6.18 Å². The number of allylic oxidation sites excluding steroid dienone is 1. The number of fused-ring (bicyclic) bond motifs is 5. The maximum absolute atomic E-state index is 13.9. The molecule has 1 heterocycles. The second kappa shape index (κ2) is 5.34. The lowest BCUT2D eigenvalue weighted by Gasteiger charge is -2.37. The number of halogens is 3. The second-order valence-electron chi connectivity index (χ2n) is 6.71. The van der Waals surface area contributed by atoms with Crippen LogP contribution in [0.25, 0.3) is 16.5 Å². The van der Waals surface area contributed by atoms with Crippen molar-refractivity contribution < 1.29 is 17.9 Å². The summed E-state index contributed by atoms with van der Waals surface area (Å²) in [6.45, 7) is 1.94. The molecule has 1 N–H and O–H groups in total. The average molecular weight is 336 g/mol. The minimum absolute atomic E-state index is 0.0894. The van der Waals surface area contributed by atoms with Crippen molar-refractivity contribution in [2.24, 2.45) is 11.8 Å². The largest absolute Gasteiger partial charge is 0.415 e. The summed E-state index contributed by atoms with van der Waals surface area (Å²) in [6, 6.07) is 3.62. The fourth-order valence-corrected chi connectivity index (χ4v) is 4.57. The van der Waals surface area contributed by atoms with E-state index in [2.05, 4.69) is 10.2 Å². The Labute approximate surface area is 137 Å². The van der Waals surface area contributed by atoms with E-state index in [1.54, 1.807) is 12.3 Å². The van der Waals surface area contributed by atoms with Crippen LogP contribution in [0.3, 0.4) is 0 Å². The molecule has 0 radical (unpaired) electrons. The molecule has 0 amide bonds. The van der Waals surface area contributed by atoms with E-state index in [0.29, 0.717) is 18.4 Å². The summed E-state index contributed by atoms with van der Waals surface area (Å²) in [7, 11) is 1.38. The lowest BCUT2D eigenvalue weighted by molar-refractivity contribution is -0.116. The summed E-state index contributed by atoms with van der Waals surface area (Å²) in [4.78, 5) is 0. The van der Waals surface area contributed by atoms with E-state index in [4.69, 9.17) is 4.74 Å². The smallest absolute Gasteiger partial charge is 0.376 e. The molecule has 0 bridgehead atoms. The van der Waals surface area contributed by atoms with E-state index in [-0.39, 0.29) is 11.8 Å². The van der Waals surface area contributed by atoms with Crippen molar-refractivity contribution in [1.29, 1.82) is 0 Å². The van der Waals surface area contributed by atoms with Gasteiger partial charge in [0.2, 0.25) is 0 Å². The average Bonchev–Trinajstić information content (AvgIpc) is 3.15. The number of hydrogen-bond donors (Lipinski definition) is 1. The highest BCUT2D eigenvalue weighted by Crippen LogP contribution is 2.53. The predicted molar refractivity (Wildman–Crippen MR) is 85.5 cm³/mol. The first kappa shape index (κ1) is 15.7. The van der Waals surface area contributed by atoms with E-state index >= 15 is 0 Å². The standard InChI is InChI=1S/C18H19F3N2O/c1-3-9-6-10-7-12-11(4-5-14-13(12)8-22-23-14)15(10)16(17(9)24-2)18(19,20)21/h4-5,8-10,17H,3,6-7H2,1-2H3,(H,22,23)/t9-,10?,17-/m1/s1. The molecule has 2 aliphatic rings. The van der Waals surface area contributed by atoms with Crippen LogP contribution < -0.4 is 0 Å². The van der Waals surface area contributed by atoms with Gasteiger partial charge in [-0.15, -0.1) is 0 Å². The number of rotatable bonds is 2. The molecule has 0 fully saturated rings. The molecule has 0 spiro atoms. The number of H-pyrrole nitrogens is 1. The van der Waals surface area contributed by atoms with Gasteiger partial charge in [-0.1, -0.05) is 19.4 Å². The molecule has 1 aromatic heterocycles. The Hall–Kier alpha value is -1.82. The Morgan fingerprint density at radius 1 is 1.33 bits per heavy atom. The molecule has 2 aliphatic carbocycles. The Morgan fingerprint density at radius 2 is 2.12 bits per heavy atom. The van der Waals surface area contributed by atoms with Gasteiger partial charge in [-0.3, -0.25) is 5.10 Å². The van der Waals surface area contributed by atoms with E-state index in [0.717, 1.165) is 28.5 Å². The van der Waals surface area contributed by atoms with Crippen LogP contribution in [0.4, 0.5) is 13.2 Å². The summed E-state index contributed by atoms with van der Waals surface area (Å²) >= 11 is 0. The molecular formula is C18H19F3N2O. The molecule has 0 saturated heterocycles. The van der Waals surface area contributed by atoms with Gasteiger partial charge in [0.15, 0.2) is 0 Å². The van der Waals surface area contributed by atoms with Crippen LogP contribution >= 0.6 is 0 Å². The summed E-state index contributed by atoms with van der Waals surface area (Å²) in [5.41, 5.74) is 2.54. The molecule has 0 aliphatic heterocycles. The normalized spacial score (nSPS) is 26.8. The number of nitrogens with zero attached hydrogens (tertiary/aromatic N) is 1. The number of aromatic nitrogens is 2. The van der Waals surface area contributed by atoms with Crippen molar-refractivity contribution in [2.45, 2.75) is 38.5 Å². The van der Waals surface area contributed by atoms with Crippen LogP contribution in [0.1, 0.15) is 30.9 Å². The van der Waals surface area contributed by atoms with Crippen molar-refractivity contribution in [2.75, 3.05) is 7.11 Å². The molecule has 2 aromatic rings. The highest BCUT2D eigenvalue weighted by molar-refractivity contribution is 5.92. The molecular weight excluding hydrogens is 317 g/mol. The Balaban J connectivity index is 1.98. The van der Waals surface area contributed by atoms with Crippen LogP contribution in [-0.4, -0.2) is 29.6 Å². The maximum Gasteiger partial charge on any atom is 0.415 e. The van der Waals surface area contributed by atoms with Gasteiger partial charge in [0.05, 0.1) is 23.4 Å². The van der Waals surface area contributed by atoms with Crippen LogP contribution in [0.15, 0.2) is 23.9 Å². The number of benzene rings is 1. The van der Waals surface area contributed by atoms with Crippen LogP contribution in [0, 0.1) is 11.8 Å². The number of aromatic amines is 1. The van der Waals surface area contributed by atoms with E-state index < -0.39 is 17.9 Å². The molecule has 4 rings (SSSR count). The second-order valence-corrected chi connectivity index (χ2v) is 6.71. The van der Waals surface area contributed by atoms with Gasteiger partial charge in [0, 0.05) is 12.5 Å². The lowest BCUT2D eigenvalue weighted by atomic mass is 9.74. The number of ether oxygens (including phenoxy) is 1. The van der Waals surface area contributed by atoms with Gasteiger partial charge in [-0.05, 0) is 47.4 Å². The molecule has 24 heavy (non-hydrogen) atoms. The van der Waals surface area contributed by atoms with Gasteiger partial charge in [0.1, 0.15) is 0 Å². The Bertz CT molecular complexity index is 821. The quantitative estimate of drug-likeness (QED) is 0.877. The first-order valence-corrected chi connectivity index (χ1v) is 8.25. The van der Waals surface area contributed by atoms with Crippen LogP contribution in [0.5, 0.6) is 0 Å². The molecule has 1 unspecified atom stereocenters. The highest BCUT2D eigenvalue weighted by atomic mass is 19.4. The van der Waals surface area contributed by atoms with Gasteiger partial charge in [0.25, 0.3) is 0 Å². The molecule has 1 aromatic carbocycles. The summed E-state index contributed by atoms with van der Waals surface area (Å²) < 4.78 is 47.1. The van der Waals surface area contributed by atoms with Gasteiger partial charge < -0.3 is 4.74 Å². The first-order valence-electron chi connectivity index (χ1n) is 8.25. The maximum atomic E-state index is 13.9. The van der Waals surface area contributed by atoms with E-state index in [1.165, 1.54) is 7.11 Å². The first-order chi connectivity index (χ1) is 11.5. The topological polar surface area (TPSA) is 37.9 Å². The fourth-order valence-electron chi connectivity index (χ4n) is 4.57. The summed E-state index contributed by atoms with van der Waals surface area (Å²) in [5, 5.41) is 7.87. The SMILES string of the molecule is CC[C@@H]1CC2Cc3c(ccc4[nH]ncc34)C2=C(C(F)(F)F)[C@@H]1OC. The molecule has 6 heteroatoms. The third-order valence-corrected chi connectivity index (χ3v) is 5.56. The van der Waals surface area contributed by atoms with Crippen molar-refractivity contribution in [3.8, 4) is 0 Å². The zero-order valence-corrected chi connectivity index (χ0v) is 13.6. The fraction of sp³-hybridized carbons (Fsp3) is 0.500. The van der Waals surface area contributed by atoms with Crippen molar-refractivity contribution in [3.05, 3.63) is 35.0 Å².